The minimum atomic E-state index is 0. The van der Waals surface area contributed by atoms with Crippen LogP contribution in [0.2, 0.25) is 0 Å². The molecule has 51 heavy (non-hydrogen) atoms. The van der Waals surface area contributed by atoms with Crippen LogP contribution in [-0.4, -0.2) is 25.4 Å². The molecular formula is C45H50IrN3O2-. The van der Waals surface area contributed by atoms with E-state index in [1.54, 1.807) is 6.33 Å². The summed E-state index contributed by atoms with van der Waals surface area (Å²) < 4.78 is 2.45. The van der Waals surface area contributed by atoms with E-state index < -0.39 is 0 Å². The second-order valence-electron chi connectivity index (χ2n) is 14.9. The molecule has 0 amide bonds. The third-order valence-corrected chi connectivity index (χ3v) is 10.3. The van der Waals surface area contributed by atoms with Gasteiger partial charge in [-0.3, -0.25) is 9.78 Å². The Hall–Kier alpha value is -4.12. The number of hydrogen-bond acceptors (Lipinski definition) is 4. The van der Waals surface area contributed by atoms with Crippen LogP contribution in [0.25, 0.3) is 59.9 Å². The summed E-state index contributed by atoms with van der Waals surface area (Å²) in [5.41, 5.74) is 7.18. The average Bonchev–Trinajstić information content (AvgIpc) is 3.42. The van der Waals surface area contributed by atoms with Crippen molar-refractivity contribution in [2.24, 2.45) is 17.3 Å². The molecule has 0 saturated heterocycles. The maximum atomic E-state index is 11.7. The molecule has 7 rings (SSSR count). The number of aryl methyl sites for hydroxylation is 1. The Morgan fingerprint density at radius 1 is 0.863 bits per heavy atom. The molecule has 0 unspecified atom stereocenters. The number of aliphatic hydroxyl groups is 1. The zero-order valence-corrected chi connectivity index (χ0v) is 33.6. The Kier molecular flexibility index (Phi) is 11.7. The van der Waals surface area contributed by atoms with Crippen LogP contribution in [0.3, 0.4) is 0 Å². The Morgan fingerprint density at radius 2 is 1.51 bits per heavy atom. The van der Waals surface area contributed by atoms with Gasteiger partial charge in [0.15, 0.2) is 5.78 Å². The molecule has 0 aliphatic carbocycles. The topological polar surface area (TPSA) is 68.0 Å². The van der Waals surface area contributed by atoms with Gasteiger partial charge in [0.2, 0.25) is 0 Å². The zero-order chi connectivity index (χ0) is 35.7. The number of hydrogen-bond donors (Lipinski definition) is 1. The number of rotatable bonds is 9. The molecule has 0 aliphatic heterocycles. The van der Waals surface area contributed by atoms with Crippen LogP contribution in [0.5, 0.6) is 0 Å². The summed E-state index contributed by atoms with van der Waals surface area (Å²) in [5, 5.41) is 18.1. The summed E-state index contributed by atoms with van der Waals surface area (Å²) in [6.45, 7) is 17.2. The summed E-state index contributed by atoms with van der Waals surface area (Å²) in [7, 11) is 0. The van der Waals surface area contributed by atoms with Crippen LogP contribution < -0.4 is 0 Å². The molecular weight excluding hydrogens is 807 g/mol. The number of ketones is 1. The first-order chi connectivity index (χ1) is 24.0. The first-order valence-electron chi connectivity index (χ1n) is 18.3. The van der Waals surface area contributed by atoms with Gasteiger partial charge in [-0.15, -0.1) is 23.6 Å². The molecule has 7 aromatic rings. The van der Waals surface area contributed by atoms with Crippen molar-refractivity contribution in [3.63, 3.8) is 0 Å². The van der Waals surface area contributed by atoms with Gasteiger partial charge in [0.05, 0.1) is 16.8 Å². The zero-order valence-electron chi connectivity index (χ0n) is 31.2. The summed E-state index contributed by atoms with van der Waals surface area (Å²) in [6.07, 6.45) is 7.58. The van der Waals surface area contributed by atoms with Gasteiger partial charge in [-0.25, -0.2) is 4.98 Å². The fraction of sp³-hybridized carbons (Fsp3) is 0.356. The fourth-order valence-electron chi connectivity index (χ4n) is 7.68. The van der Waals surface area contributed by atoms with Crippen molar-refractivity contribution in [1.82, 2.24) is 14.5 Å². The molecule has 5 aromatic carbocycles. The molecule has 1 radical (unpaired) electrons. The third-order valence-electron chi connectivity index (χ3n) is 10.3. The van der Waals surface area contributed by atoms with E-state index >= 15 is 0 Å². The smallest absolute Gasteiger partial charge is 0.162 e. The Balaban J connectivity index is 0.000000271. The monoisotopic (exact) mass is 857 g/mol. The number of benzene rings is 5. The Morgan fingerprint density at radius 3 is 2.16 bits per heavy atom. The minimum absolute atomic E-state index is 0. The number of carbonyl (C=O) groups excluding carboxylic acids is 1. The Bertz CT molecular complexity index is 2320. The van der Waals surface area contributed by atoms with Gasteiger partial charge in [-0.2, -0.15) is 0 Å². The van der Waals surface area contributed by atoms with Crippen LogP contribution in [0.4, 0.5) is 0 Å². The quantitative estimate of drug-likeness (QED) is 0.0516. The normalized spacial score (nSPS) is 12.4. The average molecular weight is 857 g/mol. The second-order valence-corrected chi connectivity index (χ2v) is 14.9. The van der Waals surface area contributed by atoms with E-state index in [1.807, 2.05) is 27.7 Å². The number of aromatic nitrogens is 3. The van der Waals surface area contributed by atoms with Crippen LogP contribution in [-0.2, 0) is 31.3 Å². The van der Waals surface area contributed by atoms with Gasteiger partial charge in [-0.1, -0.05) is 101 Å². The van der Waals surface area contributed by atoms with Crippen molar-refractivity contribution in [3.05, 3.63) is 102 Å². The number of fused-ring (bicyclic) bond motifs is 4. The largest absolute Gasteiger partial charge is 0.512 e. The number of aliphatic hydroxyl groups excluding tert-OH is 1. The number of para-hydroxylation sites is 1. The van der Waals surface area contributed by atoms with E-state index in [2.05, 4.69) is 105 Å². The summed E-state index contributed by atoms with van der Waals surface area (Å²) in [6, 6.07) is 27.5. The molecule has 5 nitrogen and oxygen atoms in total. The van der Waals surface area contributed by atoms with Crippen LogP contribution in [0.1, 0.15) is 85.4 Å². The van der Waals surface area contributed by atoms with Crippen molar-refractivity contribution in [1.29, 1.82) is 0 Å². The molecule has 0 atom stereocenters. The van der Waals surface area contributed by atoms with Crippen LogP contribution in [0, 0.1) is 30.2 Å². The summed E-state index contributed by atoms with van der Waals surface area (Å²) in [5.74, 6) is 0.547. The van der Waals surface area contributed by atoms with Crippen molar-refractivity contribution in [2.75, 3.05) is 0 Å². The van der Waals surface area contributed by atoms with E-state index in [-0.39, 0.29) is 48.9 Å². The second kappa shape index (κ2) is 15.6. The maximum Gasteiger partial charge on any atom is 0.162 e. The van der Waals surface area contributed by atoms with Gasteiger partial charge in [0, 0.05) is 65.7 Å². The minimum Gasteiger partial charge on any atom is -0.512 e. The van der Waals surface area contributed by atoms with Gasteiger partial charge < -0.3 is 9.67 Å². The predicted octanol–water partition coefficient (Wildman–Crippen LogP) is 12.0. The fourth-order valence-corrected chi connectivity index (χ4v) is 7.68. The van der Waals surface area contributed by atoms with Crippen molar-refractivity contribution in [2.45, 2.75) is 87.5 Å². The molecule has 1 N–H and O–H groups in total. The van der Waals surface area contributed by atoms with E-state index in [0.29, 0.717) is 0 Å². The maximum absolute atomic E-state index is 11.7. The van der Waals surface area contributed by atoms with Gasteiger partial charge >= 0.3 is 0 Å². The standard InChI is InChI=1S/C32H26N3.C13H24O2.Ir/c1-19-27-24-14-20-10-8-9-11-21(20)15-25(24)30-28-26(33-18-34-30)16-22(17-32(2,3)4)31(29(27)28)35(19)23-12-6-5-7-13-23;1-5-10(6-2)12(14)9-13(15)11(7-3)8-4;/h5-14,16,18H,17H2,1-4H3;9-11,14H,5-8H2,1-4H3;/q-1;;/b;12-9-;. The Labute approximate surface area is 315 Å². The molecule has 6 heteroatoms. The van der Waals surface area contributed by atoms with Crippen LogP contribution >= 0.6 is 0 Å². The van der Waals surface area contributed by atoms with Crippen molar-refractivity contribution < 1.29 is 30.0 Å². The van der Waals surface area contributed by atoms with Gasteiger partial charge in [0.1, 0.15) is 6.33 Å². The van der Waals surface area contributed by atoms with Gasteiger partial charge in [0.25, 0.3) is 0 Å². The third kappa shape index (κ3) is 7.32. The molecule has 0 fully saturated rings. The van der Waals surface area contributed by atoms with Gasteiger partial charge in [-0.05, 0) is 73.6 Å². The molecule has 0 aliphatic rings. The van der Waals surface area contributed by atoms with E-state index in [1.165, 1.54) is 50.1 Å². The SMILES string of the molecule is CCC(CC)C(=O)/C=C(\O)C(CC)CC.Cc1c2c3cc4ccccc4[c-]c3c3ncnc4cc(CC(C)(C)C)c(c2c43)n1-c1ccccc1.[Ir]. The molecule has 0 spiro atoms. The number of carbonyl (C=O) groups is 1. The first kappa shape index (κ1) is 38.1. The summed E-state index contributed by atoms with van der Waals surface area (Å²) >= 11 is 0. The summed E-state index contributed by atoms with van der Waals surface area (Å²) in [4.78, 5) is 21.3. The number of allylic oxidation sites excluding steroid dienone is 2. The molecule has 267 valence electrons. The molecule has 2 heterocycles. The van der Waals surface area contributed by atoms with E-state index in [4.69, 9.17) is 9.97 Å². The van der Waals surface area contributed by atoms with Crippen molar-refractivity contribution >= 4 is 60.0 Å². The molecule has 0 bridgehead atoms. The molecule has 0 saturated carbocycles. The molecule has 2 aromatic heterocycles. The van der Waals surface area contributed by atoms with E-state index in [0.717, 1.165) is 59.3 Å². The predicted molar refractivity (Wildman–Crippen MR) is 211 cm³/mol. The number of nitrogens with zero attached hydrogens (tertiary/aromatic N) is 3. The van der Waals surface area contributed by atoms with Crippen LogP contribution in [0.15, 0.2) is 84.9 Å². The first-order valence-corrected chi connectivity index (χ1v) is 18.3. The van der Waals surface area contributed by atoms with E-state index in [9.17, 15) is 9.90 Å². The van der Waals surface area contributed by atoms with Crippen molar-refractivity contribution in [3.8, 4) is 5.69 Å².